The van der Waals surface area contributed by atoms with Crippen molar-refractivity contribution < 1.29 is 33.3 Å². The second kappa shape index (κ2) is 12.0. The van der Waals surface area contributed by atoms with Gasteiger partial charge in [0.1, 0.15) is 12.6 Å². The molecule has 1 aliphatic rings. The molecular weight excluding hydrogens is 426 g/mol. The maximum Gasteiger partial charge on any atom is 0.410 e. The molecule has 3 rings (SSSR count). The second-order valence-corrected chi connectivity index (χ2v) is 7.70. The number of carbonyl (C=O) groups excluding carboxylic acids is 2. The van der Waals surface area contributed by atoms with Gasteiger partial charge in [-0.2, -0.15) is 0 Å². The molecule has 1 amide bonds. The molecular formula is C25H31NO7. The van der Waals surface area contributed by atoms with Gasteiger partial charge >= 0.3 is 12.1 Å². The Morgan fingerprint density at radius 2 is 1.61 bits per heavy atom. The Kier molecular flexibility index (Phi) is 8.80. The third kappa shape index (κ3) is 6.31. The van der Waals surface area contributed by atoms with Crippen LogP contribution in [-0.2, 0) is 27.3 Å². The molecule has 1 saturated heterocycles. The van der Waals surface area contributed by atoms with Gasteiger partial charge in [0.05, 0.1) is 27.9 Å². The quantitative estimate of drug-likeness (QED) is 0.527. The smallest absolute Gasteiger partial charge is 0.410 e. The van der Waals surface area contributed by atoms with Crippen LogP contribution in [0.5, 0.6) is 17.2 Å². The van der Waals surface area contributed by atoms with Crippen LogP contribution in [-0.4, -0.2) is 57.5 Å². The van der Waals surface area contributed by atoms with E-state index in [-0.39, 0.29) is 13.2 Å². The monoisotopic (exact) mass is 457 g/mol. The van der Waals surface area contributed by atoms with E-state index in [1.54, 1.807) is 21.3 Å². The van der Waals surface area contributed by atoms with E-state index in [0.717, 1.165) is 24.0 Å². The van der Waals surface area contributed by atoms with Crippen molar-refractivity contribution in [1.82, 2.24) is 4.90 Å². The first-order valence-electron chi connectivity index (χ1n) is 11.0. The highest BCUT2D eigenvalue weighted by Crippen LogP contribution is 2.38. The Balaban J connectivity index is 1.56. The summed E-state index contributed by atoms with van der Waals surface area (Å²) in [7, 11) is 4.65. The van der Waals surface area contributed by atoms with E-state index in [0.29, 0.717) is 36.6 Å². The van der Waals surface area contributed by atoms with Gasteiger partial charge in [-0.05, 0) is 42.5 Å². The summed E-state index contributed by atoms with van der Waals surface area (Å²) in [5, 5.41) is 0. The number of amides is 1. The topological polar surface area (TPSA) is 83.5 Å². The zero-order valence-electron chi connectivity index (χ0n) is 19.4. The fourth-order valence-electron chi connectivity index (χ4n) is 3.84. The van der Waals surface area contributed by atoms with Crippen molar-refractivity contribution in [2.24, 2.45) is 0 Å². The Labute approximate surface area is 194 Å². The van der Waals surface area contributed by atoms with E-state index in [9.17, 15) is 9.59 Å². The van der Waals surface area contributed by atoms with Crippen molar-refractivity contribution in [2.75, 3.05) is 34.5 Å². The van der Waals surface area contributed by atoms with Crippen LogP contribution in [0.15, 0.2) is 42.5 Å². The van der Waals surface area contributed by atoms with E-state index < -0.39 is 18.1 Å². The maximum absolute atomic E-state index is 12.8. The molecule has 0 bridgehead atoms. The first-order chi connectivity index (χ1) is 16.1. The number of esters is 1. The SMILES string of the molecule is COc1cc(CCOC(=O)[C@@H]2CCCCN2C(=O)OCc2ccccc2)cc(OC)c1OC. The lowest BCUT2D eigenvalue weighted by Gasteiger charge is -2.33. The van der Waals surface area contributed by atoms with Crippen LogP contribution in [0, 0.1) is 0 Å². The fourth-order valence-corrected chi connectivity index (χ4v) is 3.84. The van der Waals surface area contributed by atoms with Crippen LogP contribution in [0.4, 0.5) is 4.79 Å². The Morgan fingerprint density at radius 1 is 0.909 bits per heavy atom. The molecule has 0 radical (unpaired) electrons. The number of carbonyl (C=O) groups is 2. The second-order valence-electron chi connectivity index (χ2n) is 7.70. The molecule has 0 spiro atoms. The molecule has 1 heterocycles. The van der Waals surface area contributed by atoms with E-state index in [2.05, 4.69) is 0 Å². The lowest BCUT2D eigenvalue weighted by Crippen LogP contribution is -2.48. The molecule has 1 fully saturated rings. The largest absolute Gasteiger partial charge is 0.493 e. The van der Waals surface area contributed by atoms with Gasteiger partial charge in [-0.1, -0.05) is 30.3 Å². The van der Waals surface area contributed by atoms with Crippen molar-refractivity contribution in [3.63, 3.8) is 0 Å². The number of piperidine rings is 1. The molecule has 0 unspecified atom stereocenters. The predicted octanol–water partition coefficient (Wildman–Crippen LogP) is 3.99. The number of methoxy groups -OCH3 is 3. The third-order valence-corrected chi connectivity index (χ3v) is 5.57. The lowest BCUT2D eigenvalue weighted by molar-refractivity contribution is -0.150. The zero-order chi connectivity index (χ0) is 23.6. The number of ether oxygens (including phenoxy) is 5. The van der Waals surface area contributed by atoms with Gasteiger partial charge < -0.3 is 23.7 Å². The van der Waals surface area contributed by atoms with Gasteiger partial charge in [0, 0.05) is 13.0 Å². The standard InChI is InChI=1S/C25H31NO7/c1-29-21-15-19(16-22(30-2)23(21)31-3)12-14-32-24(27)20-11-7-8-13-26(20)25(28)33-17-18-9-5-4-6-10-18/h4-6,9-10,15-16,20H,7-8,11-14,17H2,1-3H3/t20-/m0/s1. The highest BCUT2D eigenvalue weighted by Gasteiger charge is 2.34. The van der Waals surface area contributed by atoms with Crippen molar-refractivity contribution in [3.8, 4) is 17.2 Å². The van der Waals surface area contributed by atoms with E-state index in [1.807, 2.05) is 42.5 Å². The Bertz CT molecular complexity index is 907. The molecule has 0 saturated carbocycles. The zero-order valence-corrected chi connectivity index (χ0v) is 19.4. The predicted molar refractivity (Wildman–Crippen MR) is 122 cm³/mol. The number of hydrogen-bond donors (Lipinski definition) is 0. The van der Waals surface area contributed by atoms with Crippen LogP contribution in [0.25, 0.3) is 0 Å². The van der Waals surface area contributed by atoms with Crippen LogP contribution in [0.2, 0.25) is 0 Å². The molecule has 8 nitrogen and oxygen atoms in total. The molecule has 2 aromatic rings. The maximum atomic E-state index is 12.8. The van der Waals surface area contributed by atoms with Gasteiger partial charge in [-0.25, -0.2) is 9.59 Å². The van der Waals surface area contributed by atoms with Crippen molar-refractivity contribution in [1.29, 1.82) is 0 Å². The van der Waals surface area contributed by atoms with E-state index in [4.69, 9.17) is 23.7 Å². The molecule has 0 aromatic heterocycles. The summed E-state index contributed by atoms with van der Waals surface area (Å²) in [6.45, 7) is 0.806. The van der Waals surface area contributed by atoms with Crippen molar-refractivity contribution in [2.45, 2.75) is 38.3 Å². The van der Waals surface area contributed by atoms with Gasteiger partial charge in [0.25, 0.3) is 0 Å². The Hall–Kier alpha value is -3.42. The molecule has 178 valence electrons. The molecule has 1 atom stereocenters. The molecule has 0 N–H and O–H groups in total. The summed E-state index contributed by atoms with van der Waals surface area (Å²) in [6, 6.07) is 12.5. The minimum Gasteiger partial charge on any atom is -0.493 e. The summed E-state index contributed by atoms with van der Waals surface area (Å²) in [5.41, 5.74) is 1.77. The molecule has 8 heteroatoms. The van der Waals surface area contributed by atoms with Gasteiger partial charge in [-0.15, -0.1) is 0 Å². The van der Waals surface area contributed by atoms with Crippen LogP contribution in [0.1, 0.15) is 30.4 Å². The lowest BCUT2D eigenvalue weighted by atomic mass is 10.0. The van der Waals surface area contributed by atoms with Crippen LogP contribution in [0.3, 0.4) is 0 Å². The molecule has 0 aliphatic carbocycles. The van der Waals surface area contributed by atoms with Gasteiger partial charge in [0.15, 0.2) is 11.5 Å². The summed E-state index contributed by atoms with van der Waals surface area (Å²) in [5.74, 6) is 1.17. The number of nitrogens with zero attached hydrogens (tertiary/aromatic N) is 1. The average Bonchev–Trinajstić information content (AvgIpc) is 2.87. The van der Waals surface area contributed by atoms with Crippen LogP contribution < -0.4 is 14.2 Å². The van der Waals surface area contributed by atoms with E-state index >= 15 is 0 Å². The highest BCUT2D eigenvalue weighted by atomic mass is 16.6. The molecule has 2 aromatic carbocycles. The highest BCUT2D eigenvalue weighted by molar-refractivity contribution is 5.81. The summed E-state index contributed by atoms with van der Waals surface area (Å²) >= 11 is 0. The third-order valence-electron chi connectivity index (χ3n) is 5.57. The fraction of sp³-hybridized carbons (Fsp3) is 0.440. The minimum absolute atomic E-state index is 0.166. The van der Waals surface area contributed by atoms with Crippen molar-refractivity contribution in [3.05, 3.63) is 53.6 Å². The average molecular weight is 458 g/mol. The number of likely N-dealkylation sites (tertiary alicyclic amines) is 1. The normalized spacial score (nSPS) is 15.5. The molecule has 33 heavy (non-hydrogen) atoms. The van der Waals surface area contributed by atoms with Gasteiger partial charge in [0.2, 0.25) is 5.75 Å². The summed E-state index contributed by atoms with van der Waals surface area (Å²) in [6.07, 6.45) is 2.21. The van der Waals surface area contributed by atoms with Crippen molar-refractivity contribution >= 4 is 12.1 Å². The first kappa shape index (κ1) is 24.2. The number of hydrogen-bond acceptors (Lipinski definition) is 7. The van der Waals surface area contributed by atoms with E-state index in [1.165, 1.54) is 4.90 Å². The molecule has 1 aliphatic heterocycles. The summed E-state index contributed by atoms with van der Waals surface area (Å²) in [4.78, 5) is 26.9. The Morgan fingerprint density at radius 3 is 2.24 bits per heavy atom. The van der Waals surface area contributed by atoms with Crippen LogP contribution >= 0.6 is 0 Å². The first-order valence-corrected chi connectivity index (χ1v) is 11.0. The van der Waals surface area contributed by atoms with Gasteiger partial charge in [-0.3, -0.25) is 4.90 Å². The number of rotatable bonds is 9. The summed E-state index contributed by atoms with van der Waals surface area (Å²) < 4.78 is 27.0. The number of benzene rings is 2. The minimum atomic E-state index is -0.637.